The second-order valence-electron chi connectivity index (χ2n) is 9.37. The van der Waals surface area contributed by atoms with Gasteiger partial charge in [0.1, 0.15) is 12.1 Å². The molecule has 0 aromatic carbocycles. The molecule has 0 aromatic heterocycles. The van der Waals surface area contributed by atoms with E-state index >= 15 is 0 Å². The van der Waals surface area contributed by atoms with Crippen LogP contribution in [0.1, 0.15) is 73.6 Å². The smallest absolute Gasteiger partial charge is 0.325 e. The molecular weight excluding hydrogens is 330 g/mol. The van der Waals surface area contributed by atoms with Crippen LogP contribution in [0.25, 0.3) is 0 Å². The topological polar surface area (TPSA) is 78.5 Å². The number of urea groups is 1. The highest BCUT2D eigenvalue weighted by Gasteiger charge is 2.53. The van der Waals surface area contributed by atoms with Crippen LogP contribution in [0, 0.1) is 17.3 Å². The first kappa shape index (κ1) is 20.7. The lowest BCUT2D eigenvalue weighted by atomic mass is 9.67. The SMILES string of the molecule is CCC(NC(=O)CN1C(=O)NC2(CCC(C(C)(C)C)CC2)C1=O)C(C)C. The molecule has 2 aliphatic rings. The second-order valence-corrected chi connectivity index (χ2v) is 9.37. The van der Waals surface area contributed by atoms with Gasteiger partial charge in [-0.25, -0.2) is 4.79 Å². The number of nitrogens with one attached hydrogen (secondary N) is 2. The summed E-state index contributed by atoms with van der Waals surface area (Å²) in [4.78, 5) is 38.7. The third-order valence-corrected chi connectivity index (χ3v) is 6.20. The van der Waals surface area contributed by atoms with Crippen molar-refractivity contribution in [2.75, 3.05) is 6.54 Å². The number of carbonyl (C=O) groups excluding carboxylic acids is 3. The maximum absolute atomic E-state index is 12.9. The Morgan fingerprint density at radius 2 is 1.85 bits per heavy atom. The van der Waals surface area contributed by atoms with Gasteiger partial charge in [0.2, 0.25) is 5.91 Å². The molecular formula is C20H35N3O3. The standard InChI is InChI=1S/C20H35N3O3/c1-7-15(13(2)3)21-16(24)12-23-17(25)20(22-18(23)26)10-8-14(9-11-20)19(4,5)6/h13-15H,7-12H2,1-6H3,(H,21,24)(H,22,26). The van der Waals surface area contributed by atoms with E-state index in [-0.39, 0.29) is 29.8 Å². The highest BCUT2D eigenvalue weighted by Crippen LogP contribution is 2.43. The summed E-state index contributed by atoms with van der Waals surface area (Å²) in [7, 11) is 0. The summed E-state index contributed by atoms with van der Waals surface area (Å²) in [6.07, 6.45) is 3.96. The molecule has 2 fully saturated rings. The number of rotatable bonds is 5. The van der Waals surface area contributed by atoms with Crippen LogP contribution in [0.4, 0.5) is 4.79 Å². The third-order valence-electron chi connectivity index (χ3n) is 6.20. The molecule has 6 nitrogen and oxygen atoms in total. The number of imide groups is 1. The number of hydrogen-bond donors (Lipinski definition) is 2. The number of amides is 4. The van der Waals surface area contributed by atoms with Gasteiger partial charge in [-0.3, -0.25) is 14.5 Å². The summed E-state index contributed by atoms with van der Waals surface area (Å²) < 4.78 is 0. The van der Waals surface area contributed by atoms with Crippen molar-refractivity contribution in [3.05, 3.63) is 0 Å². The molecule has 1 aliphatic carbocycles. The van der Waals surface area contributed by atoms with Gasteiger partial charge >= 0.3 is 6.03 Å². The fraction of sp³-hybridized carbons (Fsp3) is 0.850. The maximum Gasteiger partial charge on any atom is 0.325 e. The number of nitrogens with zero attached hydrogens (tertiary/aromatic N) is 1. The fourth-order valence-electron chi connectivity index (χ4n) is 4.27. The van der Waals surface area contributed by atoms with Crippen molar-refractivity contribution in [1.29, 1.82) is 0 Å². The van der Waals surface area contributed by atoms with Crippen molar-refractivity contribution < 1.29 is 14.4 Å². The van der Waals surface area contributed by atoms with Gasteiger partial charge in [0.15, 0.2) is 0 Å². The van der Waals surface area contributed by atoms with E-state index in [9.17, 15) is 14.4 Å². The molecule has 4 amide bonds. The Labute approximate surface area is 157 Å². The Kier molecular flexibility index (Phi) is 6.03. The summed E-state index contributed by atoms with van der Waals surface area (Å²) in [6.45, 7) is 12.6. The minimum atomic E-state index is -0.804. The minimum absolute atomic E-state index is 0.0550. The van der Waals surface area contributed by atoms with E-state index in [4.69, 9.17) is 0 Å². The average molecular weight is 366 g/mol. The Bertz CT molecular complexity index is 557. The highest BCUT2D eigenvalue weighted by atomic mass is 16.2. The lowest BCUT2D eigenvalue weighted by molar-refractivity contribution is -0.136. The van der Waals surface area contributed by atoms with Crippen LogP contribution in [0.15, 0.2) is 0 Å². The molecule has 2 rings (SSSR count). The van der Waals surface area contributed by atoms with Gasteiger partial charge in [-0.05, 0) is 49.4 Å². The predicted molar refractivity (Wildman–Crippen MR) is 101 cm³/mol. The largest absolute Gasteiger partial charge is 0.352 e. The van der Waals surface area contributed by atoms with Crippen LogP contribution >= 0.6 is 0 Å². The molecule has 1 saturated carbocycles. The molecule has 26 heavy (non-hydrogen) atoms. The van der Waals surface area contributed by atoms with Gasteiger partial charge in [-0.1, -0.05) is 41.5 Å². The molecule has 0 bridgehead atoms. The molecule has 148 valence electrons. The van der Waals surface area contributed by atoms with Gasteiger partial charge in [0, 0.05) is 6.04 Å². The number of carbonyl (C=O) groups is 3. The van der Waals surface area contributed by atoms with Gasteiger partial charge < -0.3 is 10.6 Å². The first-order valence-electron chi connectivity index (χ1n) is 9.93. The summed E-state index contributed by atoms with van der Waals surface area (Å²) in [5, 5.41) is 5.83. The van der Waals surface area contributed by atoms with E-state index in [0.29, 0.717) is 24.7 Å². The van der Waals surface area contributed by atoms with Gasteiger partial charge in [-0.15, -0.1) is 0 Å². The Balaban J connectivity index is 2.00. The minimum Gasteiger partial charge on any atom is -0.352 e. The van der Waals surface area contributed by atoms with Gasteiger partial charge in [-0.2, -0.15) is 0 Å². The van der Waals surface area contributed by atoms with Crippen LogP contribution in [0.5, 0.6) is 0 Å². The molecule has 0 radical (unpaired) electrons. The average Bonchev–Trinajstić information content (AvgIpc) is 2.76. The molecule has 1 atom stereocenters. The van der Waals surface area contributed by atoms with E-state index in [0.717, 1.165) is 24.2 Å². The lowest BCUT2D eigenvalue weighted by Crippen LogP contribution is -2.51. The first-order valence-corrected chi connectivity index (χ1v) is 9.93. The Morgan fingerprint density at radius 1 is 1.27 bits per heavy atom. The number of hydrogen-bond acceptors (Lipinski definition) is 3. The van der Waals surface area contributed by atoms with E-state index in [2.05, 4.69) is 31.4 Å². The van der Waals surface area contributed by atoms with Crippen molar-refractivity contribution in [3.63, 3.8) is 0 Å². The highest BCUT2D eigenvalue weighted by molar-refractivity contribution is 6.09. The van der Waals surface area contributed by atoms with E-state index < -0.39 is 11.6 Å². The van der Waals surface area contributed by atoms with Crippen molar-refractivity contribution in [2.24, 2.45) is 17.3 Å². The van der Waals surface area contributed by atoms with E-state index in [1.54, 1.807) is 0 Å². The zero-order valence-electron chi connectivity index (χ0n) is 17.1. The monoisotopic (exact) mass is 365 g/mol. The molecule has 2 N–H and O–H groups in total. The zero-order chi connectivity index (χ0) is 19.7. The first-order chi connectivity index (χ1) is 12.0. The second kappa shape index (κ2) is 7.57. The van der Waals surface area contributed by atoms with Crippen molar-refractivity contribution in [2.45, 2.75) is 85.2 Å². The summed E-state index contributed by atoms with van der Waals surface area (Å²) >= 11 is 0. The van der Waals surface area contributed by atoms with E-state index in [1.807, 2.05) is 20.8 Å². The summed E-state index contributed by atoms with van der Waals surface area (Å²) in [5.41, 5.74) is -0.597. The third kappa shape index (κ3) is 4.21. The van der Waals surface area contributed by atoms with Crippen LogP contribution in [-0.4, -0.2) is 40.9 Å². The Hall–Kier alpha value is -1.59. The molecule has 0 aromatic rings. The zero-order valence-corrected chi connectivity index (χ0v) is 17.1. The van der Waals surface area contributed by atoms with Crippen LogP contribution < -0.4 is 10.6 Å². The lowest BCUT2D eigenvalue weighted by Gasteiger charge is -2.40. The summed E-state index contributed by atoms with van der Waals surface area (Å²) in [6, 6.07) is -0.378. The van der Waals surface area contributed by atoms with Crippen LogP contribution in [0.3, 0.4) is 0 Å². The van der Waals surface area contributed by atoms with Gasteiger partial charge in [0.25, 0.3) is 5.91 Å². The van der Waals surface area contributed by atoms with Crippen molar-refractivity contribution in [1.82, 2.24) is 15.5 Å². The fourth-order valence-corrected chi connectivity index (χ4v) is 4.27. The van der Waals surface area contributed by atoms with Crippen molar-refractivity contribution >= 4 is 17.8 Å². The van der Waals surface area contributed by atoms with E-state index in [1.165, 1.54) is 0 Å². The quantitative estimate of drug-likeness (QED) is 0.735. The van der Waals surface area contributed by atoms with Crippen LogP contribution in [0.2, 0.25) is 0 Å². The molecule has 1 saturated heterocycles. The van der Waals surface area contributed by atoms with Crippen LogP contribution in [-0.2, 0) is 9.59 Å². The molecule has 1 heterocycles. The molecule has 1 spiro atoms. The van der Waals surface area contributed by atoms with Gasteiger partial charge in [0.05, 0.1) is 0 Å². The molecule has 1 aliphatic heterocycles. The molecule has 6 heteroatoms. The normalized spacial score (nSPS) is 27.8. The molecule has 1 unspecified atom stereocenters. The summed E-state index contributed by atoms with van der Waals surface area (Å²) in [5.74, 6) is 0.356. The Morgan fingerprint density at radius 3 is 2.31 bits per heavy atom. The maximum atomic E-state index is 12.9. The van der Waals surface area contributed by atoms with Crippen molar-refractivity contribution in [3.8, 4) is 0 Å². The predicted octanol–water partition coefficient (Wildman–Crippen LogP) is 3.06.